The van der Waals surface area contributed by atoms with Crippen LogP contribution in [0.25, 0.3) is 0 Å². The molecule has 3 heterocycles. The summed E-state index contributed by atoms with van der Waals surface area (Å²) < 4.78 is 28.1. The SMILES string of the molecule is CC(=O)N1c2ccc(S(=O)(=O)N3CCC(C(=O)N4C[C@H](C)C[C@H](C)C4)CC3)cc2C[C@@H]1C. The maximum absolute atomic E-state index is 13.3. The number of benzene rings is 1. The standard InChI is InChI=1S/C24H35N3O4S/c1-16-11-17(2)15-25(14-16)24(29)20-7-9-26(10-8-20)32(30,31)22-5-6-23-21(13-22)12-18(3)27(23)19(4)28/h5-6,13,16-18,20H,7-12,14-15H2,1-4H3/t16-,17+,18-/m0/s1. The van der Waals surface area contributed by atoms with Gasteiger partial charge in [-0.3, -0.25) is 9.59 Å². The molecule has 1 aromatic carbocycles. The van der Waals surface area contributed by atoms with Gasteiger partial charge in [0.15, 0.2) is 0 Å². The number of carbonyl (C=O) groups excluding carboxylic acids is 2. The molecule has 2 fully saturated rings. The van der Waals surface area contributed by atoms with Gasteiger partial charge in [-0.2, -0.15) is 4.31 Å². The van der Waals surface area contributed by atoms with Crippen LogP contribution >= 0.6 is 0 Å². The number of hydrogen-bond donors (Lipinski definition) is 0. The number of sulfonamides is 1. The highest BCUT2D eigenvalue weighted by atomic mass is 32.2. The Kier molecular flexibility index (Phi) is 6.38. The second kappa shape index (κ2) is 8.78. The quantitative estimate of drug-likeness (QED) is 0.693. The lowest BCUT2D eigenvalue weighted by Gasteiger charge is -2.39. The molecule has 0 spiro atoms. The van der Waals surface area contributed by atoms with Crippen molar-refractivity contribution >= 4 is 27.5 Å². The second-order valence-corrected chi connectivity index (χ2v) is 12.0. The highest BCUT2D eigenvalue weighted by Crippen LogP contribution is 2.35. The van der Waals surface area contributed by atoms with Gasteiger partial charge in [0.2, 0.25) is 21.8 Å². The number of anilines is 1. The first-order valence-corrected chi connectivity index (χ1v) is 13.2. The summed E-state index contributed by atoms with van der Waals surface area (Å²) in [4.78, 5) is 29.0. The number of carbonyl (C=O) groups is 2. The van der Waals surface area contributed by atoms with E-state index in [0.717, 1.165) is 30.8 Å². The summed E-state index contributed by atoms with van der Waals surface area (Å²) in [5, 5.41) is 0. The summed E-state index contributed by atoms with van der Waals surface area (Å²) in [5.41, 5.74) is 1.70. The number of fused-ring (bicyclic) bond motifs is 1. The summed E-state index contributed by atoms with van der Waals surface area (Å²) in [7, 11) is -3.63. The van der Waals surface area contributed by atoms with Crippen LogP contribution in [0.15, 0.2) is 23.1 Å². The van der Waals surface area contributed by atoms with E-state index in [2.05, 4.69) is 13.8 Å². The monoisotopic (exact) mass is 461 g/mol. The molecule has 32 heavy (non-hydrogen) atoms. The summed E-state index contributed by atoms with van der Waals surface area (Å²) in [6.45, 7) is 10.2. The number of hydrogen-bond acceptors (Lipinski definition) is 4. The van der Waals surface area contributed by atoms with E-state index in [1.165, 1.54) is 11.2 Å². The van der Waals surface area contributed by atoms with E-state index in [0.29, 0.717) is 44.2 Å². The summed E-state index contributed by atoms with van der Waals surface area (Å²) in [6.07, 6.45) is 2.94. The van der Waals surface area contributed by atoms with E-state index in [4.69, 9.17) is 0 Å². The number of nitrogens with zero attached hydrogens (tertiary/aromatic N) is 3. The first-order valence-electron chi connectivity index (χ1n) is 11.8. The maximum Gasteiger partial charge on any atom is 0.243 e. The lowest BCUT2D eigenvalue weighted by atomic mass is 9.89. The minimum absolute atomic E-state index is 0.0300. The zero-order valence-corrected chi connectivity index (χ0v) is 20.4. The van der Waals surface area contributed by atoms with Crippen LogP contribution in [0.2, 0.25) is 0 Å². The van der Waals surface area contributed by atoms with Gasteiger partial charge in [-0.05, 0) is 68.2 Å². The molecule has 1 aromatic rings. The molecule has 0 radical (unpaired) electrons. The van der Waals surface area contributed by atoms with E-state index in [-0.39, 0.29) is 28.7 Å². The van der Waals surface area contributed by atoms with Gasteiger partial charge in [0.1, 0.15) is 0 Å². The van der Waals surface area contributed by atoms with Crippen molar-refractivity contribution in [2.75, 3.05) is 31.1 Å². The molecule has 3 atom stereocenters. The van der Waals surface area contributed by atoms with Crippen LogP contribution in [0.4, 0.5) is 5.69 Å². The molecule has 0 N–H and O–H groups in total. The van der Waals surface area contributed by atoms with Crippen molar-refractivity contribution in [3.8, 4) is 0 Å². The number of amides is 2. The molecule has 0 saturated carbocycles. The van der Waals surface area contributed by atoms with Gasteiger partial charge in [0.25, 0.3) is 0 Å². The van der Waals surface area contributed by atoms with Crippen LogP contribution in [0, 0.1) is 17.8 Å². The minimum Gasteiger partial charge on any atom is -0.342 e. The zero-order valence-electron chi connectivity index (χ0n) is 19.6. The molecule has 0 bridgehead atoms. The Morgan fingerprint density at radius 1 is 1.00 bits per heavy atom. The molecule has 3 aliphatic rings. The van der Waals surface area contributed by atoms with Crippen molar-refractivity contribution in [2.24, 2.45) is 17.8 Å². The van der Waals surface area contributed by atoms with Crippen LogP contribution in [-0.4, -0.2) is 61.7 Å². The molecule has 2 amide bonds. The Morgan fingerprint density at radius 3 is 2.22 bits per heavy atom. The second-order valence-electron chi connectivity index (χ2n) is 10.1. The summed E-state index contributed by atoms with van der Waals surface area (Å²) in [5.74, 6) is 1.10. The lowest BCUT2D eigenvalue weighted by molar-refractivity contribution is -0.139. The first-order chi connectivity index (χ1) is 15.1. The molecule has 2 saturated heterocycles. The third-order valence-corrected chi connectivity index (χ3v) is 9.12. The molecule has 8 heteroatoms. The molecular formula is C24H35N3O4S. The fourth-order valence-corrected chi connectivity index (χ4v) is 7.36. The van der Waals surface area contributed by atoms with Gasteiger partial charge < -0.3 is 9.80 Å². The van der Waals surface area contributed by atoms with Crippen molar-refractivity contribution in [1.82, 2.24) is 9.21 Å². The van der Waals surface area contributed by atoms with Gasteiger partial charge in [-0.15, -0.1) is 0 Å². The van der Waals surface area contributed by atoms with Crippen molar-refractivity contribution in [2.45, 2.75) is 64.3 Å². The molecule has 176 valence electrons. The van der Waals surface area contributed by atoms with E-state index in [9.17, 15) is 18.0 Å². The van der Waals surface area contributed by atoms with Crippen molar-refractivity contribution < 1.29 is 18.0 Å². The normalized spacial score (nSPS) is 27.4. The van der Waals surface area contributed by atoms with Crippen molar-refractivity contribution in [3.63, 3.8) is 0 Å². The predicted molar refractivity (Wildman–Crippen MR) is 124 cm³/mol. The lowest BCUT2D eigenvalue weighted by Crippen LogP contribution is -2.48. The molecular weight excluding hydrogens is 426 g/mol. The van der Waals surface area contributed by atoms with Gasteiger partial charge in [-0.25, -0.2) is 8.42 Å². The molecule has 0 aliphatic carbocycles. The third-order valence-electron chi connectivity index (χ3n) is 7.23. The van der Waals surface area contributed by atoms with E-state index >= 15 is 0 Å². The molecule has 4 rings (SSSR count). The Balaban J connectivity index is 1.43. The number of rotatable bonds is 3. The average molecular weight is 462 g/mol. The van der Waals surface area contributed by atoms with Crippen molar-refractivity contribution in [1.29, 1.82) is 0 Å². The molecule has 7 nitrogen and oxygen atoms in total. The van der Waals surface area contributed by atoms with Crippen LogP contribution in [0.5, 0.6) is 0 Å². The average Bonchev–Trinajstić information content (AvgIpc) is 3.07. The number of piperidine rings is 2. The van der Waals surface area contributed by atoms with Crippen LogP contribution < -0.4 is 4.90 Å². The summed E-state index contributed by atoms with van der Waals surface area (Å²) >= 11 is 0. The van der Waals surface area contributed by atoms with Gasteiger partial charge in [0.05, 0.1) is 4.90 Å². The molecule has 0 aromatic heterocycles. The Labute approximate surface area is 191 Å². The van der Waals surface area contributed by atoms with E-state index < -0.39 is 10.0 Å². The largest absolute Gasteiger partial charge is 0.342 e. The Hall–Kier alpha value is -1.93. The highest BCUT2D eigenvalue weighted by Gasteiger charge is 2.36. The van der Waals surface area contributed by atoms with Crippen molar-refractivity contribution in [3.05, 3.63) is 23.8 Å². The number of likely N-dealkylation sites (tertiary alicyclic amines) is 1. The Morgan fingerprint density at radius 2 is 1.62 bits per heavy atom. The molecule has 0 unspecified atom stereocenters. The Bertz CT molecular complexity index is 990. The zero-order chi connectivity index (χ0) is 23.2. The maximum atomic E-state index is 13.3. The highest BCUT2D eigenvalue weighted by molar-refractivity contribution is 7.89. The smallest absolute Gasteiger partial charge is 0.243 e. The fraction of sp³-hybridized carbons (Fsp3) is 0.667. The first kappa shape index (κ1) is 23.2. The van der Waals surface area contributed by atoms with Crippen LogP contribution in [0.1, 0.15) is 52.5 Å². The summed E-state index contributed by atoms with van der Waals surface area (Å²) in [6, 6.07) is 5.11. The van der Waals surface area contributed by atoms with Crippen LogP contribution in [-0.2, 0) is 26.0 Å². The topological polar surface area (TPSA) is 78.0 Å². The van der Waals surface area contributed by atoms with Gasteiger partial charge >= 0.3 is 0 Å². The fourth-order valence-electron chi connectivity index (χ4n) is 5.84. The van der Waals surface area contributed by atoms with Gasteiger partial charge in [-0.1, -0.05) is 13.8 Å². The van der Waals surface area contributed by atoms with Crippen LogP contribution in [0.3, 0.4) is 0 Å². The van der Waals surface area contributed by atoms with E-state index in [1.807, 2.05) is 11.8 Å². The minimum atomic E-state index is -3.63. The predicted octanol–water partition coefficient (Wildman–Crippen LogP) is 2.89. The van der Waals surface area contributed by atoms with E-state index in [1.54, 1.807) is 23.1 Å². The molecule has 3 aliphatic heterocycles. The van der Waals surface area contributed by atoms with Gasteiger partial charge in [0, 0.05) is 50.7 Å². The third kappa shape index (κ3) is 4.31.